The fourth-order valence-electron chi connectivity index (χ4n) is 1.94. The SMILES string of the molecule is COC1CCN(C(=O)CCCNC(C)C)C1. The molecule has 94 valence electrons. The van der Waals surface area contributed by atoms with Crippen molar-refractivity contribution in [3.63, 3.8) is 0 Å². The summed E-state index contributed by atoms with van der Waals surface area (Å²) in [6.07, 6.45) is 2.80. The van der Waals surface area contributed by atoms with Gasteiger partial charge >= 0.3 is 0 Å². The number of carbonyl (C=O) groups is 1. The first-order valence-corrected chi connectivity index (χ1v) is 6.17. The molecular weight excluding hydrogens is 204 g/mol. The summed E-state index contributed by atoms with van der Waals surface area (Å²) in [5.41, 5.74) is 0. The molecule has 1 aliphatic rings. The highest BCUT2D eigenvalue weighted by Gasteiger charge is 2.25. The zero-order valence-electron chi connectivity index (χ0n) is 10.7. The van der Waals surface area contributed by atoms with Gasteiger partial charge < -0.3 is 15.0 Å². The number of methoxy groups -OCH3 is 1. The van der Waals surface area contributed by atoms with Crippen LogP contribution in [-0.2, 0) is 9.53 Å². The second-order valence-electron chi connectivity index (χ2n) is 4.70. The van der Waals surface area contributed by atoms with Gasteiger partial charge in [-0.15, -0.1) is 0 Å². The molecule has 0 saturated carbocycles. The van der Waals surface area contributed by atoms with Gasteiger partial charge in [0.25, 0.3) is 0 Å². The van der Waals surface area contributed by atoms with Crippen molar-refractivity contribution in [2.24, 2.45) is 0 Å². The van der Waals surface area contributed by atoms with Crippen LogP contribution in [-0.4, -0.2) is 49.7 Å². The predicted octanol–water partition coefficient (Wildman–Crippen LogP) is 1.01. The average molecular weight is 228 g/mol. The van der Waals surface area contributed by atoms with Gasteiger partial charge in [0.2, 0.25) is 5.91 Å². The van der Waals surface area contributed by atoms with Crippen molar-refractivity contribution in [3.05, 3.63) is 0 Å². The van der Waals surface area contributed by atoms with E-state index in [1.165, 1.54) is 0 Å². The highest BCUT2D eigenvalue weighted by molar-refractivity contribution is 5.76. The maximum atomic E-state index is 11.8. The average Bonchev–Trinajstić information content (AvgIpc) is 2.72. The quantitative estimate of drug-likeness (QED) is 0.690. The van der Waals surface area contributed by atoms with E-state index in [0.717, 1.165) is 32.5 Å². The fourth-order valence-corrected chi connectivity index (χ4v) is 1.94. The molecule has 1 rings (SSSR count). The van der Waals surface area contributed by atoms with Crippen molar-refractivity contribution in [1.82, 2.24) is 10.2 Å². The van der Waals surface area contributed by atoms with Gasteiger partial charge in [-0.05, 0) is 19.4 Å². The van der Waals surface area contributed by atoms with E-state index in [2.05, 4.69) is 19.2 Å². The number of likely N-dealkylation sites (tertiary alicyclic amines) is 1. The Hall–Kier alpha value is -0.610. The summed E-state index contributed by atoms with van der Waals surface area (Å²) in [6, 6.07) is 0.500. The third-order valence-corrected chi connectivity index (χ3v) is 2.95. The first-order chi connectivity index (χ1) is 7.63. The molecule has 4 heteroatoms. The molecule has 4 nitrogen and oxygen atoms in total. The monoisotopic (exact) mass is 228 g/mol. The van der Waals surface area contributed by atoms with E-state index in [-0.39, 0.29) is 12.0 Å². The first-order valence-electron chi connectivity index (χ1n) is 6.17. The Labute approximate surface area is 98.3 Å². The Balaban J connectivity index is 2.11. The fraction of sp³-hybridized carbons (Fsp3) is 0.917. The van der Waals surface area contributed by atoms with E-state index in [0.29, 0.717) is 12.5 Å². The molecule has 1 amide bonds. The van der Waals surface area contributed by atoms with Crippen LogP contribution < -0.4 is 5.32 Å². The van der Waals surface area contributed by atoms with Crippen molar-refractivity contribution >= 4 is 5.91 Å². The Morgan fingerprint density at radius 1 is 1.56 bits per heavy atom. The summed E-state index contributed by atoms with van der Waals surface area (Å²) in [5.74, 6) is 0.269. The summed E-state index contributed by atoms with van der Waals surface area (Å²) in [4.78, 5) is 13.7. The maximum Gasteiger partial charge on any atom is 0.222 e. The van der Waals surface area contributed by atoms with Gasteiger partial charge in [0.05, 0.1) is 6.10 Å². The topological polar surface area (TPSA) is 41.6 Å². The molecule has 0 aromatic heterocycles. The Morgan fingerprint density at radius 2 is 2.31 bits per heavy atom. The summed E-state index contributed by atoms with van der Waals surface area (Å²) < 4.78 is 5.24. The predicted molar refractivity (Wildman–Crippen MR) is 64.4 cm³/mol. The molecule has 0 radical (unpaired) electrons. The van der Waals surface area contributed by atoms with Gasteiger partial charge in [0, 0.05) is 32.7 Å². The van der Waals surface area contributed by atoms with Crippen LogP contribution in [0.1, 0.15) is 33.1 Å². The third-order valence-electron chi connectivity index (χ3n) is 2.95. The Morgan fingerprint density at radius 3 is 2.88 bits per heavy atom. The van der Waals surface area contributed by atoms with Crippen LogP contribution in [0, 0.1) is 0 Å². The molecule has 0 spiro atoms. The van der Waals surface area contributed by atoms with E-state index in [9.17, 15) is 4.79 Å². The summed E-state index contributed by atoms with van der Waals surface area (Å²) in [5, 5.41) is 3.32. The number of rotatable bonds is 6. The van der Waals surface area contributed by atoms with Gasteiger partial charge in [-0.3, -0.25) is 4.79 Å². The molecule has 1 N–H and O–H groups in total. The van der Waals surface area contributed by atoms with Crippen LogP contribution in [0.5, 0.6) is 0 Å². The molecule has 0 bridgehead atoms. The van der Waals surface area contributed by atoms with Crippen LogP contribution in [0.25, 0.3) is 0 Å². The van der Waals surface area contributed by atoms with Gasteiger partial charge in [-0.25, -0.2) is 0 Å². The van der Waals surface area contributed by atoms with Crippen molar-refractivity contribution in [1.29, 1.82) is 0 Å². The van der Waals surface area contributed by atoms with Crippen molar-refractivity contribution in [3.8, 4) is 0 Å². The van der Waals surface area contributed by atoms with Gasteiger partial charge in [-0.2, -0.15) is 0 Å². The molecule has 1 atom stereocenters. The Kier molecular flexibility index (Phi) is 5.77. The normalized spacial score (nSPS) is 20.8. The van der Waals surface area contributed by atoms with Crippen LogP contribution in [0.2, 0.25) is 0 Å². The van der Waals surface area contributed by atoms with E-state index >= 15 is 0 Å². The number of nitrogens with one attached hydrogen (secondary N) is 1. The lowest BCUT2D eigenvalue weighted by Gasteiger charge is -2.16. The molecule has 1 heterocycles. The largest absolute Gasteiger partial charge is 0.380 e. The summed E-state index contributed by atoms with van der Waals surface area (Å²) in [7, 11) is 1.71. The van der Waals surface area contributed by atoms with Gasteiger partial charge in [0.15, 0.2) is 0 Å². The molecule has 1 unspecified atom stereocenters. The zero-order chi connectivity index (χ0) is 12.0. The number of nitrogens with zero attached hydrogens (tertiary/aromatic N) is 1. The smallest absolute Gasteiger partial charge is 0.222 e. The third kappa shape index (κ3) is 4.49. The number of hydrogen-bond acceptors (Lipinski definition) is 3. The number of amides is 1. The second kappa shape index (κ2) is 6.86. The Bertz CT molecular complexity index is 219. The number of hydrogen-bond donors (Lipinski definition) is 1. The number of ether oxygens (including phenoxy) is 1. The van der Waals surface area contributed by atoms with E-state index < -0.39 is 0 Å². The molecule has 16 heavy (non-hydrogen) atoms. The summed E-state index contributed by atoms with van der Waals surface area (Å²) in [6.45, 7) is 6.78. The minimum atomic E-state index is 0.248. The first kappa shape index (κ1) is 13.5. The molecule has 0 aliphatic carbocycles. The zero-order valence-corrected chi connectivity index (χ0v) is 10.7. The van der Waals surface area contributed by atoms with Crippen LogP contribution in [0.3, 0.4) is 0 Å². The van der Waals surface area contributed by atoms with Gasteiger partial charge in [-0.1, -0.05) is 13.8 Å². The number of carbonyl (C=O) groups excluding carboxylic acids is 1. The lowest BCUT2D eigenvalue weighted by molar-refractivity contribution is -0.130. The van der Waals surface area contributed by atoms with Crippen LogP contribution in [0.4, 0.5) is 0 Å². The summed E-state index contributed by atoms with van der Waals surface area (Å²) >= 11 is 0. The molecule has 0 aromatic rings. The molecule has 1 fully saturated rings. The molecular formula is C12H24N2O2. The highest BCUT2D eigenvalue weighted by Crippen LogP contribution is 2.13. The van der Waals surface area contributed by atoms with Gasteiger partial charge in [0.1, 0.15) is 0 Å². The van der Waals surface area contributed by atoms with Crippen molar-refractivity contribution in [2.75, 3.05) is 26.7 Å². The molecule has 1 aliphatic heterocycles. The minimum Gasteiger partial charge on any atom is -0.380 e. The van der Waals surface area contributed by atoms with Crippen molar-refractivity contribution < 1.29 is 9.53 Å². The van der Waals surface area contributed by atoms with Crippen LogP contribution >= 0.6 is 0 Å². The minimum absolute atomic E-state index is 0.248. The highest BCUT2D eigenvalue weighted by atomic mass is 16.5. The van der Waals surface area contributed by atoms with Crippen LogP contribution in [0.15, 0.2) is 0 Å². The standard InChI is InChI=1S/C12H24N2O2/c1-10(2)13-7-4-5-12(15)14-8-6-11(9-14)16-3/h10-11,13H,4-9H2,1-3H3. The maximum absolute atomic E-state index is 11.8. The van der Waals surface area contributed by atoms with E-state index in [1.54, 1.807) is 7.11 Å². The van der Waals surface area contributed by atoms with E-state index in [1.807, 2.05) is 4.90 Å². The lowest BCUT2D eigenvalue weighted by Crippen LogP contribution is -2.31. The second-order valence-corrected chi connectivity index (χ2v) is 4.70. The molecule has 1 saturated heterocycles. The van der Waals surface area contributed by atoms with E-state index in [4.69, 9.17) is 4.74 Å². The molecule has 0 aromatic carbocycles. The lowest BCUT2D eigenvalue weighted by atomic mass is 10.2. The van der Waals surface area contributed by atoms with Crippen molar-refractivity contribution in [2.45, 2.75) is 45.3 Å².